The average molecular weight is 390 g/mol. The van der Waals surface area contributed by atoms with E-state index in [-0.39, 0.29) is 11.9 Å². The van der Waals surface area contributed by atoms with Crippen molar-refractivity contribution in [2.24, 2.45) is 0 Å². The van der Waals surface area contributed by atoms with E-state index in [2.05, 4.69) is 5.32 Å². The molecule has 8 heteroatoms. The molecule has 3 rings (SSSR count). The highest BCUT2D eigenvalue weighted by molar-refractivity contribution is 7.92. The van der Waals surface area contributed by atoms with Crippen LogP contribution in [0.4, 0.5) is 5.69 Å². The molecule has 144 valence electrons. The molecule has 0 spiro atoms. The predicted molar refractivity (Wildman–Crippen MR) is 103 cm³/mol. The normalized spacial score (nSPS) is 14.3. The van der Waals surface area contributed by atoms with Crippen molar-refractivity contribution in [3.63, 3.8) is 0 Å². The van der Waals surface area contributed by atoms with Gasteiger partial charge in [-0.3, -0.25) is 9.10 Å². The monoisotopic (exact) mass is 390 g/mol. The fourth-order valence-corrected chi connectivity index (χ4v) is 3.21. The van der Waals surface area contributed by atoms with Crippen molar-refractivity contribution < 1.29 is 22.7 Å². The minimum absolute atomic E-state index is 0.230. The second kappa shape index (κ2) is 7.48. The van der Waals surface area contributed by atoms with E-state index >= 15 is 0 Å². The van der Waals surface area contributed by atoms with Crippen LogP contribution in [-0.2, 0) is 10.0 Å². The Balaban J connectivity index is 1.69. The molecule has 0 fully saturated rings. The zero-order chi connectivity index (χ0) is 19.6. The summed E-state index contributed by atoms with van der Waals surface area (Å²) in [6, 6.07) is 11.8. The lowest BCUT2D eigenvalue weighted by atomic mass is 10.1. The first-order chi connectivity index (χ1) is 12.8. The number of carbonyl (C=O) groups excluding carboxylic acids is 1. The third-order valence-electron chi connectivity index (χ3n) is 4.40. The van der Waals surface area contributed by atoms with Gasteiger partial charge in [0.15, 0.2) is 11.5 Å². The Hall–Kier alpha value is -2.74. The maximum Gasteiger partial charge on any atom is 0.251 e. The highest BCUT2D eigenvalue weighted by Gasteiger charge is 2.17. The van der Waals surface area contributed by atoms with E-state index in [1.54, 1.807) is 24.3 Å². The molecule has 0 bridgehead atoms. The molecular formula is C19H22N2O5S. The standard InChI is InChI=1S/C19H22N2O5S/c1-13(15-6-9-17-18(12-15)26-11-10-25-17)20-19(22)14-4-7-16(8-5-14)21(2)27(3,23)24/h4-9,12-13H,10-11H2,1-3H3,(H,20,22)/t13-/m1/s1. The third kappa shape index (κ3) is 4.33. The van der Waals surface area contributed by atoms with Gasteiger partial charge in [0, 0.05) is 12.6 Å². The molecule has 1 atom stereocenters. The molecule has 1 N–H and O–H groups in total. The number of amides is 1. The van der Waals surface area contributed by atoms with Crippen LogP contribution in [0.2, 0.25) is 0 Å². The third-order valence-corrected chi connectivity index (χ3v) is 5.61. The summed E-state index contributed by atoms with van der Waals surface area (Å²) in [7, 11) is -1.87. The van der Waals surface area contributed by atoms with Gasteiger partial charge < -0.3 is 14.8 Å². The molecule has 0 saturated carbocycles. The SMILES string of the molecule is C[C@@H](NC(=O)c1ccc(N(C)S(C)(=O)=O)cc1)c1ccc2c(c1)OCCO2. The molecule has 0 saturated heterocycles. The first-order valence-electron chi connectivity index (χ1n) is 8.50. The van der Waals surface area contributed by atoms with Gasteiger partial charge >= 0.3 is 0 Å². The van der Waals surface area contributed by atoms with E-state index in [1.807, 2.05) is 25.1 Å². The maximum absolute atomic E-state index is 12.5. The van der Waals surface area contributed by atoms with Crippen molar-refractivity contribution in [1.82, 2.24) is 5.32 Å². The Kier molecular flexibility index (Phi) is 5.27. The Morgan fingerprint density at radius 1 is 1.07 bits per heavy atom. The number of rotatable bonds is 5. The van der Waals surface area contributed by atoms with Crippen molar-refractivity contribution in [3.8, 4) is 11.5 Å². The van der Waals surface area contributed by atoms with Gasteiger partial charge in [-0.1, -0.05) is 6.07 Å². The number of hydrogen-bond donors (Lipinski definition) is 1. The summed E-state index contributed by atoms with van der Waals surface area (Å²) in [5.41, 5.74) is 1.85. The molecule has 2 aromatic rings. The van der Waals surface area contributed by atoms with Gasteiger partial charge in [-0.05, 0) is 48.9 Å². The molecule has 2 aromatic carbocycles. The van der Waals surface area contributed by atoms with Gasteiger partial charge in [0.25, 0.3) is 5.91 Å². The molecule has 1 aliphatic heterocycles. The number of nitrogens with one attached hydrogen (secondary N) is 1. The van der Waals surface area contributed by atoms with Crippen molar-refractivity contribution in [2.75, 3.05) is 30.8 Å². The summed E-state index contributed by atoms with van der Waals surface area (Å²) in [5.74, 6) is 1.13. The number of hydrogen-bond acceptors (Lipinski definition) is 5. The molecule has 0 unspecified atom stereocenters. The van der Waals surface area contributed by atoms with E-state index in [4.69, 9.17) is 9.47 Å². The largest absolute Gasteiger partial charge is 0.486 e. The van der Waals surface area contributed by atoms with Crippen molar-refractivity contribution in [1.29, 1.82) is 0 Å². The molecule has 7 nitrogen and oxygen atoms in total. The molecule has 1 heterocycles. The van der Waals surface area contributed by atoms with E-state index in [9.17, 15) is 13.2 Å². The molecule has 27 heavy (non-hydrogen) atoms. The smallest absolute Gasteiger partial charge is 0.251 e. The highest BCUT2D eigenvalue weighted by atomic mass is 32.2. The minimum atomic E-state index is -3.34. The van der Waals surface area contributed by atoms with Crippen molar-refractivity contribution >= 4 is 21.6 Å². The summed E-state index contributed by atoms with van der Waals surface area (Å²) in [6.07, 6.45) is 1.13. The number of fused-ring (bicyclic) bond motifs is 1. The quantitative estimate of drug-likeness (QED) is 0.847. The molecule has 0 aliphatic carbocycles. The Labute approximate surface area is 158 Å². The van der Waals surface area contributed by atoms with Gasteiger partial charge in [-0.2, -0.15) is 0 Å². The van der Waals surface area contributed by atoms with E-state index in [0.29, 0.717) is 36.0 Å². The lowest BCUT2D eigenvalue weighted by Gasteiger charge is -2.21. The number of nitrogens with zero attached hydrogens (tertiary/aromatic N) is 1. The molecule has 0 aromatic heterocycles. The van der Waals surface area contributed by atoms with Crippen LogP contribution in [0, 0.1) is 0 Å². The zero-order valence-electron chi connectivity index (χ0n) is 15.4. The number of benzene rings is 2. The van der Waals surface area contributed by atoms with Crippen molar-refractivity contribution in [3.05, 3.63) is 53.6 Å². The first kappa shape index (κ1) is 19.0. The first-order valence-corrected chi connectivity index (χ1v) is 10.3. The zero-order valence-corrected chi connectivity index (χ0v) is 16.2. The minimum Gasteiger partial charge on any atom is -0.486 e. The topological polar surface area (TPSA) is 84.9 Å². The molecule has 0 radical (unpaired) electrons. The molecule has 1 aliphatic rings. The number of sulfonamides is 1. The predicted octanol–water partition coefficient (Wildman–Crippen LogP) is 2.34. The number of anilines is 1. The average Bonchev–Trinajstić information content (AvgIpc) is 2.66. The van der Waals surface area contributed by atoms with Gasteiger partial charge in [0.05, 0.1) is 18.0 Å². The van der Waals surface area contributed by atoms with Gasteiger partial charge in [0.1, 0.15) is 13.2 Å². The fraction of sp³-hybridized carbons (Fsp3) is 0.316. The van der Waals surface area contributed by atoms with Crippen LogP contribution in [0.15, 0.2) is 42.5 Å². The summed E-state index contributed by atoms with van der Waals surface area (Å²) >= 11 is 0. The number of carbonyl (C=O) groups is 1. The van der Waals surface area contributed by atoms with Crippen molar-refractivity contribution in [2.45, 2.75) is 13.0 Å². The second-order valence-corrected chi connectivity index (χ2v) is 8.39. The van der Waals surface area contributed by atoms with Gasteiger partial charge in [-0.25, -0.2) is 8.42 Å². The van der Waals surface area contributed by atoms with E-state index < -0.39 is 10.0 Å². The van der Waals surface area contributed by atoms with Crippen LogP contribution in [0.25, 0.3) is 0 Å². The highest BCUT2D eigenvalue weighted by Crippen LogP contribution is 2.32. The molecular weight excluding hydrogens is 368 g/mol. The second-order valence-electron chi connectivity index (χ2n) is 6.38. The van der Waals surface area contributed by atoms with E-state index in [1.165, 1.54) is 7.05 Å². The van der Waals surface area contributed by atoms with Crippen LogP contribution in [0.3, 0.4) is 0 Å². The molecule has 1 amide bonds. The van der Waals surface area contributed by atoms with Crippen LogP contribution in [0.1, 0.15) is 28.9 Å². The number of ether oxygens (including phenoxy) is 2. The Bertz CT molecular complexity index is 941. The van der Waals surface area contributed by atoms with Crippen LogP contribution >= 0.6 is 0 Å². The van der Waals surface area contributed by atoms with Gasteiger partial charge in [0.2, 0.25) is 10.0 Å². The van der Waals surface area contributed by atoms with Crippen LogP contribution in [-0.4, -0.2) is 40.8 Å². The summed E-state index contributed by atoms with van der Waals surface area (Å²) in [6.45, 7) is 2.92. The van der Waals surface area contributed by atoms with Crippen LogP contribution in [0.5, 0.6) is 11.5 Å². The lowest BCUT2D eigenvalue weighted by molar-refractivity contribution is 0.0939. The Morgan fingerprint density at radius 3 is 2.33 bits per heavy atom. The van der Waals surface area contributed by atoms with Crippen LogP contribution < -0.4 is 19.1 Å². The Morgan fingerprint density at radius 2 is 1.70 bits per heavy atom. The lowest BCUT2D eigenvalue weighted by Crippen LogP contribution is -2.27. The summed E-state index contributed by atoms with van der Waals surface area (Å²) in [4.78, 5) is 12.5. The van der Waals surface area contributed by atoms with E-state index in [0.717, 1.165) is 16.1 Å². The fourth-order valence-electron chi connectivity index (χ4n) is 2.71. The maximum atomic E-state index is 12.5. The van der Waals surface area contributed by atoms with Gasteiger partial charge in [-0.15, -0.1) is 0 Å². The summed E-state index contributed by atoms with van der Waals surface area (Å²) < 4.78 is 35.4. The summed E-state index contributed by atoms with van der Waals surface area (Å²) in [5, 5.41) is 2.93.